The van der Waals surface area contributed by atoms with Crippen LogP contribution in [0, 0.1) is 12.3 Å². The molecule has 0 radical (unpaired) electrons. The van der Waals surface area contributed by atoms with Gasteiger partial charge in [-0.05, 0) is 13.0 Å². The molecule has 4 nitrogen and oxygen atoms in total. The minimum Gasteiger partial charge on any atom is -0.473 e. The van der Waals surface area contributed by atoms with Gasteiger partial charge in [-0.25, -0.2) is 4.98 Å². The number of fused-ring (bicyclic) bond motifs is 1. The maximum Gasteiger partial charge on any atom is 0.217 e. The molecular formula is C8H9N3O. The van der Waals surface area contributed by atoms with Gasteiger partial charge in [0.15, 0.2) is 0 Å². The first-order valence-electron chi connectivity index (χ1n) is 3.66. The van der Waals surface area contributed by atoms with E-state index in [-0.39, 0.29) is 5.90 Å². The first-order valence-corrected chi connectivity index (χ1v) is 3.66. The van der Waals surface area contributed by atoms with Gasteiger partial charge in [0, 0.05) is 11.3 Å². The van der Waals surface area contributed by atoms with Crippen LogP contribution in [0.2, 0.25) is 0 Å². The summed E-state index contributed by atoms with van der Waals surface area (Å²) in [6.07, 6.45) is 0. The van der Waals surface area contributed by atoms with Crippen molar-refractivity contribution in [1.82, 2.24) is 4.98 Å². The Hall–Kier alpha value is -1.58. The third-order valence-electron chi connectivity index (χ3n) is 1.86. The second kappa shape index (κ2) is 2.20. The molecule has 12 heavy (non-hydrogen) atoms. The summed E-state index contributed by atoms with van der Waals surface area (Å²) in [7, 11) is 0. The molecule has 0 unspecified atom stereocenters. The Labute approximate surface area is 69.9 Å². The minimum atomic E-state index is 0.134. The van der Waals surface area contributed by atoms with Crippen molar-refractivity contribution >= 4 is 11.7 Å². The van der Waals surface area contributed by atoms with Crippen LogP contribution in [-0.4, -0.2) is 10.9 Å². The first-order chi connectivity index (χ1) is 5.68. The van der Waals surface area contributed by atoms with E-state index >= 15 is 0 Å². The van der Waals surface area contributed by atoms with Crippen LogP contribution in [0.25, 0.3) is 0 Å². The van der Waals surface area contributed by atoms with Crippen LogP contribution in [0.15, 0.2) is 6.07 Å². The number of rotatable bonds is 0. The van der Waals surface area contributed by atoms with E-state index in [1.807, 2.05) is 13.0 Å². The zero-order valence-electron chi connectivity index (χ0n) is 6.72. The Morgan fingerprint density at radius 3 is 3.17 bits per heavy atom. The molecule has 1 aliphatic rings. The lowest BCUT2D eigenvalue weighted by Crippen LogP contribution is -2.03. The van der Waals surface area contributed by atoms with Crippen LogP contribution in [0.1, 0.15) is 16.8 Å². The molecule has 0 aromatic carbocycles. The van der Waals surface area contributed by atoms with Crippen LogP contribution in [-0.2, 0) is 11.3 Å². The summed E-state index contributed by atoms with van der Waals surface area (Å²) in [5, 5.41) is 7.40. The van der Waals surface area contributed by atoms with Crippen molar-refractivity contribution in [1.29, 1.82) is 5.41 Å². The van der Waals surface area contributed by atoms with E-state index in [0.717, 1.165) is 11.3 Å². The number of pyridine rings is 1. The maximum atomic E-state index is 7.40. The molecule has 3 N–H and O–H groups in total. The molecule has 4 heteroatoms. The summed E-state index contributed by atoms with van der Waals surface area (Å²) < 4.78 is 5.02. The molecule has 2 rings (SSSR count). The molecule has 0 bridgehead atoms. The lowest BCUT2D eigenvalue weighted by Gasteiger charge is -2.00. The normalized spacial score (nSPS) is 14.2. The molecule has 0 atom stereocenters. The zero-order valence-corrected chi connectivity index (χ0v) is 6.72. The standard InChI is InChI=1S/C8H9N3O/c1-4-2-5-3-12-8(10)6(5)7(9)11-4/h2,10H,3H2,1H3,(H2,9,11). The Bertz CT molecular complexity index is 360. The second-order valence-corrected chi connectivity index (χ2v) is 2.80. The number of hydrogen-bond donors (Lipinski definition) is 2. The lowest BCUT2D eigenvalue weighted by atomic mass is 10.1. The van der Waals surface area contributed by atoms with E-state index in [4.69, 9.17) is 15.9 Å². The number of nitrogens with zero attached hydrogens (tertiary/aromatic N) is 1. The van der Waals surface area contributed by atoms with Crippen molar-refractivity contribution in [3.63, 3.8) is 0 Å². The molecular weight excluding hydrogens is 154 g/mol. The predicted molar refractivity (Wildman–Crippen MR) is 45.0 cm³/mol. The Kier molecular flexibility index (Phi) is 1.30. The van der Waals surface area contributed by atoms with E-state index in [1.165, 1.54) is 0 Å². The fourth-order valence-electron chi connectivity index (χ4n) is 1.37. The molecule has 0 saturated carbocycles. The van der Waals surface area contributed by atoms with Crippen molar-refractivity contribution < 1.29 is 4.74 Å². The maximum absolute atomic E-state index is 7.40. The highest BCUT2D eigenvalue weighted by atomic mass is 16.5. The number of nitrogen functional groups attached to an aromatic ring is 1. The molecule has 1 aromatic rings. The predicted octanol–water partition coefficient (Wildman–Crippen LogP) is 0.828. The molecule has 2 heterocycles. The summed E-state index contributed by atoms with van der Waals surface area (Å²) in [6.45, 7) is 2.32. The van der Waals surface area contributed by atoms with Gasteiger partial charge in [0.25, 0.3) is 0 Å². The van der Waals surface area contributed by atoms with Crippen LogP contribution in [0.4, 0.5) is 5.82 Å². The monoisotopic (exact) mass is 163 g/mol. The summed E-state index contributed by atoms with van der Waals surface area (Å²) in [5.74, 6) is 0.530. The van der Waals surface area contributed by atoms with E-state index in [1.54, 1.807) is 0 Å². The van der Waals surface area contributed by atoms with E-state index in [0.29, 0.717) is 18.0 Å². The number of aromatic nitrogens is 1. The van der Waals surface area contributed by atoms with Gasteiger partial charge in [0.1, 0.15) is 12.4 Å². The molecule has 0 fully saturated rings. The minimum absolute atomic E-state index is 0.134. The molecule has 0 amide bonds. The van der Waals surface area contributed by atoms with E-state index < -0.39 is 0 Å². The van der Waals surface area contributed by atoms with E-state index in [9.17, 15) is 0 Å². The van der Waals surface area contributed by atoms with Crippen molar-refractivity contribution in [2.24, 2.45) is 0 Å². The van der Waals surface area contributed by atoms with Crippen molar-refractivity contribution in [3.8, 4) is 0 Å². The summed E-state index contributed by atoms with van der Waals surface area (Å²) in [6, 6.07) is 1.90. The Morgan fingerprint density at radius 2 is 2.42 bits per heavy atom. The van der Waals surface area contributed by atoms with E-state index in [2.05, 4.69) is 4.98 Å². The van der Waals surface area contributed by atoms with Gasteiger partial charge in [-0.3, -0.25) is 5.41 Å². The summed E-state index contributed by atoms with van der Waals surface area (Å²) in [4.78, 5) is 4.05. The zero-order chi connectivity index (χ0) is 8.72. The fraction of sp³-hybridized carbons (Fsp3) is 0.250. The first kappa shape index (κ1) is 7.09. The molecule has 1 aliphatic heterocycles. The number of nitrogens with one attached hydrogen (secondary N) is 1. The highest BCUT2D eigenvalue weighted by molar-refractivity contribution is 5.99. The van der Waals surface area contributed by atoms with Crippen LogP contribution in [0.5, 0.6) is 0 Å². The van der Waals surface area contributed by atoms with Crippen molar-refractivity contribution in [2.45, 2.75) is 13.5 Å². The molecule has 62 valence electrons. The third kappa shape index (κ3) is 0.845. The van der Waals surface area contributed by atoms with Gasteiger partial charge < -0.3 is 10.5 Å². The number of anilines is 1. The number of nitrogens with two attached hydrogens (primary N) is 1. The van der Waals surface area contributed by atoms with Crippen LogP contribution in [0.3, 0.4) is 0 Å². The topological polar surface area (TPSA) is 72.0 Å². The lowest BCUT2D eigenvalue weighted by molar-refractivity contribution is 0.310. The number of hydrogen-bond acceptors (Lipinski definition) is 4. The van der Waals surface area contributed by atoms with Gasteiger partial charge in [0.2, 0.25) is 5.90 Å². The molecule has 1 aromatic heterocycles. The second-order valence-electron chi connectivity index (χ2n) is 2.80. The van der Waals surface area contributed by atoms with Gasteiger partial charge >= 0.3 is 0 Å². The van der Waals surface area contributed by atoms with Gasteiger partial charge in [-0.15, -0.1) is 0 Å². The van der Waals surface area contributed by atoms with Crippen LogP contribution >= 0.6 is 0 Å². The molecule has 0 spiro atoms. The highest BCUT2D eigenvalue weighted by Crippen LogP contribution is 2.24. The number of ether oxygens (including phenoxy) is 1. The van der Waals surface area contributed by atoms with Crippen molar-refractivity contribution in [2.75, 3.05) is 5.73 Å². The average Bonchev–Trinajstić information content (AvgIpc) is 2.31. The van der Waals surface area contributed by atoms with Gasteiger partial charge in [0.05, 0.1) is 5.56 Å². The number of aryl methyl sites for hydroxylation is 1. The van der Waals surface area contributed by atoms with Gasteiger partial charge in [-0.2, -0.15) is 0 Å². The Morgan fingerprint density at radius 1 is 1.67 bits per heavy atom. The van der Waals surface area contributed by atoms with Gasteiger partial charge in [-0.1, -0.05) is 0 Å². The fourth-order valence-corrected chi connectivity index (χ4v) is 1.37. The van der Waals surface area contributed by atoms with Crippen LogP contribution < -0.4 is 5.73 Å². The largest absolute Gasteiger partial charge is 0.473 e. The average molecular weight is 163 g/mol. The SMILES string of the molecule is Cc1cc2c(c(N)n1)C(=N)OC2. The summed E-state index contributed by atoms with van der Waals surface area (Å²) >= 11 is 0. The summed E-state index contributed by atoms with van der Waals surface area (Å²) in [5.41, 5.74) is 8.11. The molecule has 0 saturated heterocycles. The quantitative estimate of drug-likeness (QED) is 0.595. The highest BCUT2D eigenvalue weighted by Gasteiger charge is 2.21. The Balaban J connectivity index is 2.68. The molecule has 0 aliphatic carbocycles. The smallest absolute Gasteiger partial charge is 0.217 e. The third-order valence-corrected chi connectivity index (χ3v) is 1.86. The van der Waals surface area contributed by atoms with Crippen molar-refractivity contribution in [3.05, 3.63) is 22.9 Å².